The number of halogens is 2. The maximum absolute atomic E-state index is 13.2. The van der Waals surface area contributed by atoms with Crippen LogP contribution in [0.1, 0.15) is 40.3 Å². The molecule has 0 saturated heterocycles. The molecule has 0 bridgehead atoms. The summed E-state index contributed by atoms with van der Waals surface area (Å²) in [7, 11) is 0. The highest BCUT2D eigenvalue weighted by Crippen LogP contribution is 2.28. The van der Waals surface area contributed by atoms with E-state index < -0.39 is 18.6 Å². The third kappa shape index (κ3) is 4.44. The molecular weight excluding hydrogens is 478 g/mol. The van der Waals surface area contributed by atoms with Crippen molar-refractivity contribution in [2.24, 2.45) is 0 Å². The SMILES string of the molecule is Cc1c(C(=O)NC(C)c2ccccc2OC(F)F)nn2c(C)c(-c3ccc4ccccc4c3)[nH]c(=O)c12. The maximum atomic E-state index is 13.2. The van der Waals surface area contributed by atoms with Crippen LogP contribution in [-0.2, 0) is 0 Å². The topological polar surface area (TPSA) is 88.5 Å². The Bertz CT molecular complexity index is 1710. The Morgan fingerprint density at radius 2 is 1.73 bits per heavy atom. The van der Waals surface area contributed by atoms with E-state index in [0.29, 0.717) is 22.5 Å². The molecule has 0 fully saturated rings. The first kappa shape index (κ1) is 24.2. The van der Waals surface area contributed by atoms with Gasteiger partial charge in [-0.1, -0.05) is 54.6 Å². The van der Waals surface area contributed by atoms with Crippen molar-refractivity contribution in [3.63, 3.8) is 0 Å². The van der Waals surface area contributed by atoms with Gasteiger partial charge in [0.1, 0.15) is 11.3 Å². The molecule has 0 spiro atoms. The Morgan fingerprint density at radius 1 is 1.03 bits per heavy atom. The molecular formula is C28H24F2N4O3. The van der Waals surface area contributed by atoms with Gasteiger partial charge < -0.3 is 15.0 Å². The van der Waals surface area contributed by atoms with E-state index in [1.165, 1.54) is 10.6 Å². The summed E-state index contributed by atoms with van der Waals surface area (Å²) >= 11 is 0. The van der Waals surface area contributed by atoms with Crippen LogP contribution in [0.5, 0.6) is 5.75 Å². The summed E-state index contributed by atoms with van der Waals surface area (Å²) < 4.78 is 31.7. The van der Waals surface area contributed by atoms with Gasteiger partial charge in [0.25, 0.3) is 11.5 Å². The van der Waals surface area contributed by atoms with Gasteiger partial charge in [-0.25, -0.2) is 4.52 Å². The van der Waals surface area contributed by atoms with Crippen molar-refractivity contribution in [3.05, 3.63) is 99.6 Å². The van der Waals surface area contributed by atoms with Crippen molar-refractivity contribution in [2.45, 2.75) is 33.4 Å². The number of nitrogens with one attached hydrogen (secondary N) is 2. The van der Waals surface area contributed by atoms with Crippen molar-refractivity contribution in [3.8, 4) is 17.0 Å². The first-order chi connectivity index (χ1) is 17.7. The lowest BCUT2D eigenvalue weighted by molar-refractivity contribution is -0.0506. The average Bonchev–Trinajstić information content (AvgIpc) is 3.24. The minimum atomic E-state index is -2.99. The molecule has 2 heterocycles. The van der Waals surface area contributed by atoms with Crippen molar-refractivity contribution in [1.82, 2.24) is 19.9 Å². The van der Waals surface area contributed by atoms with Gasteiger partial charge in [-0.2, -0.15) is 13.9 Å². The summed E-state index contributed by atoms with van der Waals surface area (Å²) in [5.41, 5.74) is 2.85. The molecule has 188 valence electrons. The maximum Gasteiger partial charge on any atom is 0.387 e. The Balaban J connectivity index is 1.51. The van der Waals surface area contributed by atoms with Gasteiger partial charge in [-0.3, -0.25) is 9.59 Å². The highest BCUT2D eigenvalue weighted by molar-refractivity contribution is 5.96. The summed E-state index contributed by atoms with van der Waals surface area (Å²) in [6.45, 7) is 2.14. The Kier molecular flexibility index (Phi) is 6.20. The highest BCUT2D eigenvalue weighted by Gasteiger charge is 2.24. The summed E-state index contributed by atoms with van der Waals surface area (Å²) in [5, 5.41) is 9.36. The van der Waals surface area contributed by atoms with Crippen LogP contribution in [0.4, 0.5) is 8.78 Å². The van der Waals surface area contributed by atoms with Gasteiger partial charge in [0.05, 0.1) is 17.4 Å². The molecule has 9 heteroatoms. The van der Waals surface area contributed by atoms with E-state index in [4.69, 9.17) is 0 Å². The fourth-order valence-corrected chi connectivity index (χ4v) is 4.60. The zero-order chi connectivity index (χ0) is 26.3. The van der Waals surface area contributed by atoms with Gasteiger partial charge in [0.15, 0.2) is 5.69 Å². The second-order valence-corrected chi connectivity index (χ2v) is 8.82. The minimum absolute atomic E-state index is 0.0238. The smallest absolute Gasteiger partial charge is 0.387 e. The Hall–Kier alpha value is -4.53. The van der Waals surface area contributed by atoms with Crippen LogP contribution in [-0.4, -0.2) is 27.1 Å². The van der Waals surface area contributed by atoms with Crippen LogP contribution in [0.15, 0.2) is 71.5 Å². The van der Waals surface area contributed by atoms with Crippen LogP contribution in [0.2, 0.25) is 0 Å². The fraction of sp³-hybridized carbons (Fsp3) is 0.179. The molecule has 0 saturated carbocycles. The van der Waals surface area contributed by atoms with Crippen LogP contribution < -0.4 is 15.6 Å². The zero-order valence-corrected chi connectivity index (χ0v) is 20.4. The molecule has 7 nitrogen and oxygen atoms in total. The summed E-state index contributed by atoms with van der Waals surface area (Å²) in [6.07, 6.45) is 0. The predicted molar refractivity (Wildman–Crippen MR) is 137 cm³/mol. The van der Waals surface area contributed by atoms with Crippen molar-refractivity contribution >= 4 is 22.2 Å². The van der Waals surface area contributed by atoms with E-state index in [0.717, 1.165) is 16.3 Å². The fourth-order valence-electron chi connectivity index (χ4n) is 4.60. The number of rotatable bonds is 6. The van der Waals surface area contributed by atoms with Gasteiger partial charge in [0, 0.05) is 16.7 Å². The number of aromatic nitrogens is 3. The predicted octanol–water partition coefficient (Wildman–Crippen LogP) is 5.55. The van der Waals surface area contributed by atoms with Crippen LogP contribution in [0.3, 0.4) is 0 Å². The molecule has 5 rings (SSSR count). The van der Waals surface area contributed by atoms with Gasteiger partial charge in [-0.15, -0.1) is 0 Å². The second-order valence-electron chi connectivity index (χ2n) is 8.82. The van der Waals surface area contributed by atoms with E-state index in [-0.39, 0.29) is 22.5 Å². The number of H-pyrrole nitrogens is 1. The minimum Gasteiger partial charge on any atom is -0.434 e. The molecule has 0 aliphatic heterocycles. The lowest BCUT2D eigenvalue weighted by atomic mass is 10.0. The quantitative estimate of drug-likeness (QED) is 0.319. The number of carbonyl (C=O) groups excluding carboxylic acids is 1. The third-order valence-corrected chi connectivity index (χ3v) is 6.46. The number of benzene rings is 3. The van der Waals surface area contributed by atoms with E-state index in [9.17, 15) is 18.4 Å². The molecule has 1 atom stereocenters. The van der Waals surface area contributed by atoms with E-state index >= 15 is 0 Å². The third-order valence-electron chi connectivity index (χ3n) is 6.46. The lowest BCUT2D eigenvalue weighted by Gasteiger charge is -2.17. The van der Waals surface area contributed by atoms with E-state index in [1.807, 2.05) is 49.4 Å². The number of aryl methyl sites for hydroxylation is 2. The van der Waals surface area contributed by atoms with Crippen molar-refractivity contribution < 1.29 is 18.3 Å². The highest BCUT2D eigenvalue weighted by atomic mass is 19.3. The van der Waals surface area contributed by atoms with E-state index in [1.54, 1.807) is 32.0 Å². The number of carbonyl (C=O) groups is 1. The number of para-hydroxylation sites is 1. The molecule has 3 aromatic carbocycles. The molecule has 1 unspecified atom stereocenters. The Morgan fingerprint density at radius 3 is 2.49 bits per heavy atom. The first-order valence-corrected chi connectivity index (χ1v) is 11.7. The number of alkyl halides is 2. The van der Waals surface area contributed by atoms with Crippen molar-refractivity contribution in [1.29, 1.82) is 0 Å². The number of nitrogens with zero attached hydrogens (tertiary/aromatic N) is 2. The molecule has 37 heavy (non-hydrogen) atoms. The largest absolute Gasteiger partial charge is 0.434 e. The number of aromatic amines is 1. The van der Waals surface area contributed by atoms with Gasteiger partial charge in [-0.05, 0) is 43.7 Å². The molecule has 5 aromatic rings. The number of fused-ring (bicyclic) bond motifs is 2. The van der Waals surface area contributed by atoms with Crippen LogP contribution >= 0.6 is 0 Å². The molecule has 2 aromatic heterocycles. The zero-order valence-electron chi connectivity index (χ0n) is 20.4. The summed E-state index contributed by atoms with van der Waals surface area (Å²) in [4.78, 5) is 29.2. The normalized spacial score (nSPS) is 12.3. The van der Waals surface area contributed by atoms with E-state index in [2.05, 4.69) is 20.1 Å². The van der Waals surface area contributed by atoms with Crippen LogP contribution in [0, 0.1) is 13.8 Å². The molecule has 2 N–H and O–H groups in total. The molecule has 0 aliphatic carbocycles. The monoisotopic (exact) mass is 502 g/mol. The molecule has 0 aliphatic rings. The van der Waals surface area contributed by atoms with Crippen LogP contribution in [0.25, 0.3) is 27.5 Å². The summed E-state index contributed by atoms with van der Waals surface area (Å²) in [5.74, 6) is -0.559. The Labute approximate surface area is 210 Å². The molecule has 0 radical (unpaired) electrons. The van der Waals surface area contributed by atoms with Gasteiger partial charge in [0.2, 0.25) is 0 Å². The number of hydrogen-bond acceptors (Lipinski definition) is 4. The number of hydrogen-bond donors (Lipinski definition) is 2. The second kappa shape index (κ2) is 9.50. The first-order valence-electron chi connectivity index (χ1n) is 11.7. The lowest BCUT2D eigenvalue weighted by Crippen LogP contribution is -2.28. The van der Waals surface area contributed by atoms with Gasteiger partial charge >= 0.3 is 6.61 Å². The number of ether oxygens (including phenoxy) is 1. The molecule has 1 amide bonds. The summed E-state index contributed by atoms with van der Waals surface area (Å²) in [6, 6.07) is 19.4. The average molecular weight is 503 g/mol. The standard InChI is InChI=1S/C28H24F2N4O3/c1-15-23(26(35)31-16(2)21-10-6-7-11-22(21)37-28(29)30)33-34-17(3)24(32-27(36)25(15)34)20-13-12-18-8-4-5-9-19(18)14-20/h4-14,16,28H,1-3H3,(H,31,35)(H,32,36). The van der Waals surface area contributed by atoms with Crippen molar-refractivity contribution in [2.75, 3.05) is 0 Å². The number of amides is 1.